The fourth-order valence-electron chi connectivity index (χ4n) is 2.44. The van der Waals surface area contributed by atoms with Crippen LogP contribution in [0.4, 0.5) is 0 Å². The highest BCUT2D eigenvalue weighted by Gasteiger charge is 2.23. The molecule has 1 heterocycles. The Labute approximate surface area is 92.9 Å². The molecule has 0 spiro atoms. The molecule has 0 bridgehead atoms. The topological polar surface area (TPSA) is 12.0 Å². The standard InChI is InChI=1S/C14H21N/c1-10(2)12-4-6-13(7-5-12)14-8-9-15-11(14)3/h4-7,10-11,14-15H,8-9H2,1-3H3. The fourth-order valence-corrected chi connectivity index (χ4v) is 2.44. The molecule has 1 aromatic rings. The molecule has 0 aliphatic carbocycles. The molecular formula is C14H21N. The van der Waals surface area contributed by atoms with Gasteiger partial charge in [-0.2, -0.15) is 0 Å². The molecule has 0 radical (unpaired) electrons. The summed E-state index contributed by atoms with van der Waals surface area (Å²) in [5, 5.41) is 3.51. The van der Waals surface area contributed by atoms with E-state index in [1.54, 1.807) is 0 Å². The molecule has 1 saturated heterocycles. The average Bonchev–Trinajstić information content (AvgIpc) is 2.65. The molecule has 0 aromatic heterocycles. The van der Waals surface area contributed by atoms with E-state index in [-0.39, 0.29) is 0 Å². The van der Waals surface area contributed by atoms with Crippen molar-refractivity contribution in [1.82, 2.24) is 5.32 Å². The number of nitrogens with one attached hydrogen (secondary N) is 1. The normalized spacial score (nSPS) is 26.1. The van der Waals surface area contributed by atoms with Crippen molar-refractivity contribution in [3.63, 3.8) is 0 Å². The highest BCUT2D eigenvalue weighted by molar-refractivity contribution is 5.28. The fraction of sp³-hybridized carbons (Fsp3) is 0.571. The molecule has 1 N–H and O–H groups in total. The smallest absolute Gasteiger partial charge is 0.0108 e. The van der Waals surface area contributed by atoms with Crippen molar-refractivity contribution in [3.8, 4) is 0 Å². The van der Waals surface area contributed by atoms with Crippen LogP contribution in [0.5, 0.6) is 0 Å². The maximum absolute atomic E-state index is 3.51. The molecule has 15 heavy (non-hydrogen) atoms. The quantitative estimate of drug-likeness (QED) is 0.778. The van der Waals surface area contributed by atoms with Gasteiger partial charge in [-0.25, -0.2) is 0 Å². The Hall–Kier alpha value is -0.820. The molecule has 1 fully saturated rings. The highest BCUT2D eigenvalue weighted by atomic mass is 14.9. The van der Waals surface area contributed by atoms with E-state index in [9.17, 15) is 0 Å². The third kappa shape index (κ3) is 2.23. The van der Waals surface area contributed by atoms with Crippen molar-refractivity contribution in [1.29, 1.82) is 0 Å². The summed E-state index contributed by atoms with van der Waals surface area (Å²) in [7, 11) is 0. The van der Waals surface area contributed by atoms with Crippen molar-refractivity contribution in [2.24, 2.45) is 0 Å². The first-order valence-electron chi connectivity index (χ1n) is 6.01. The van der Waals surface area contributed by atoms with E-state index in [0.29, 0.717) is 17.9 Å². The van der Waals surface area contributed by atoms with Gasteiger partial charge in [0.25, 0.3) is 0 Å². The minimum Gasteiger partial charge on any atom is -0.314 e. The first kappa shape index (κ1) is 10.7. The number of hydrogen-bond donors (Lipinski definition) is 1. The van der Waals surface area contributed by atoms with Gasteiger partial charge >= 0.3 is 0 Å². The Morgan fingerprint density at radius 3 is 2.33 bits per heavy atom. The lowest BCUT2D eigenvalue weighted by atomic mass is 9.91. The maximum atomic E-state index is 3.51. The van der Waals surface area contributed by atoms with Gasteiger partial charge in [0, 0.05) is 12.0 Å². The Bertz CT molecular complexity index is 313. The van der Waals surface area contributed by atoms with E-state index in [1.807, 2.05) is 0 Å². The molecule has 0 amide bonds. The van der Waals surface area contributed by atoms with E-state index < -0.39 is 0 Å². The van der Waals surface area contributed by atoms with Crippen molar-refractivity contribution in [2.75, 3.05) is 6.54 Å². The molecule has 2 rings (SSSR count). The van der Waals surface area contributed by atoms with Crippen molar-refractivity contribution >= 4 is 0 Å². The van der Waals surface area contributed by atoms with Crippen LogP contribution in [0.2, 0.25) is 0 Å². The lowest BCUT2D eigenvalue weighted by Gasteiger charge is -2.16. The summed E-state index contributed by atoms with van der Waals surface area (Å²) in [5.74, 6) is 1.35. The minimum absolute atomic E-state index is 0.634. The lowest BCUT2D eigenvalue weighted by Crippen LogP contribution is -2.21. The van der Waals surface area contributed by atoms with E-state index >= 15 is 0 Å². The van der Waals surface area contributed by atoms with Crippen LogP contribution in [0.3, 0.4) is 0 Å². The van der Waals surface area contributed by atoms with E-state index in [4.69, 9.17) is 0 Å². The summed E-state index contributed by atoms with van der Waals surface area (Å²) < 4.78 is 0. The molecule has 0 saturated carbocycles. The zero-order chi connectivity index (χ0) is 10.8. The highest BCUT2D eigenvalue weighted by Crippen LogP contribution is 2.28. The molecule has 2 unspecified atom stereocenters. The van der Waals surface area contributed by atoms with E-state index in [0.717, 1.165) is 6.54 Å². The van der Waals surface area contributed by atoms with Crippen LogP contribution in [0.1, 0.15) is 50.2 Å². The Morgan fingerprint density at radius 1 is 1.20 bits per heavy atom. The van der Waals surface area contributed by atoms with E-state index in [1.165, 1.54) is 17.5 Å². The molecule has 1 nitrogen and oxygen atoms in total. The van der Waals surface area contributed by atoms with Crippen LogP contribution in [-0.2, 0) is 0 Å². The lowest BCUT2D eigenvalue weighted by molar-refractivity contribution is 0.594. The molecule has 2 atom stereocenters. The van der Waals surface area contributed by atoms with Crippen LogP contribution in [0.25, 0.3) is 0 Å². The molecule has 82 valence electrons. The number of hydrogen-bond acceptors (Lipinski definition) is 1. The van der Waals surface area contributed by atoms with Crippen molar-refractivity contribution < 1.29 is 0 Å². The molecule has 1 aliphatic heterocycles. The molecule has 1 heteroatoms. The van der Waals surface area contributed by atoms with Gasteiger partial charge in [-0.15, -0.1) is 0 Å². The largest absolute Gasteiger partial charge is 0.314 e. The predicted octanol–water partition coefficient (Wildman–Crippen LogP) is 3.28. The third-order valence-electron chi connectivity index (χ3n) is 3.56. The zero-order valence-electron chi connectivity index (χ0n) is 9.96. The summed E-state index contributed by atoms with van der Waals surface area (Å²) >= 11 is 0. The van der Waals surface area contributed by atoms with Crippen LogP contribution in [0.15, 0.2) is 24.3 Å². The van der Waals surface area contributed by atoms with Gasteiger partial charge in [-0.3, -0.25) is 0 Å². The monoisotopic (exact) mass is 203 g/mol. The number of benzene rings is 1. The second-order valence-corrected chi connectivity index (χ2v) is 4.96. The van der Waals surface area contributed by atoms with Crippen LogP contribution in [0, 0.1) is 0 Å². The van der Waals surface area contributed by atoms with Crippen molar-refractivity contribution in [2.45, 2.75) is 45.1 Å². The van der Waals surface area contributed by atoms with Gasteiger partial charge in [0.05, 0.1) is 0 Å². The van der Waals surface area contributed by atoms with E-state index in [2.05, 4.69) is 50.4 Å². The SMILES string of the molecule is CC(C)c1ccc(C2CCNC2C)cc1. The minimum atomic E-state index is 0.634. The first-order chi connectivity index (χ1) is 7.18. The molecular weight excluding hydrogens is 182 g/mol. The average molecular weight is 203 g/mol. The van der Waals surface area contributed by atoms with Gasteiger partial charge in [0.15, 0.2) is 0 Å². The second kappa shape index (κ2) is 4.36. The third-order valence-corrected chi connectivity index (χ3v) is 3.56. The summed E-state index contributed by atoms with van der Waals surface area (Å²) in [6, 6.07) is 9.82. The Kier molecular flexibility index (Phi) is 3.11. The molecule has 1 aliphatic rings. The van der Waals surface area contributed by atoms with Gasteiger partial charge in [-0.05, 0) is 36.9 Å². The summed E-state index contributed by atoms with van der Waals surface area (Å²) in [6.45, 7) is 7.94. The van der Waals surface area contributed by atoms with Crippen LogP contribution < -0.4 is 5.32 Å². The van der Waals surface area contributed by atoms with Crippen molar-refractivity contribution in [3.05, 3.63) is 35.4 Å². The maximum Gasteiger partial charge on any atom is 0.0108 e. The Morgan fingerprint density at radius 2 is 1.87 bits per heavy atom. The van der Waals surface area contributed by atoms with Crippen LogP contribution in [-0.4, -0.2) is 12.6 Å². The van der Waals surface area contributed by atoms with Gasteiger partial charge in [0.1, 0.15) is 0 Å². The van der Waals surface area contributed by atoms with Gasteiger partial charge < -0.3 is 5.32 Å². The van der Waals surface area contributed by atoms with Gasteiger partial charge in [0.2, 0.25) is 0 Å². The summed E-state index contributed by atoms with van der Waals surface area (Å²) in [4.78, 5) is 0. The Balaban J connectivity index is 2.16. The van der Waals surface area contributed by atoms with Crippen LogP contribution >= 0.6 is 0 Å². The molecule has 1 aromatic carbocycles. The second-order valence-electron chi connectivity index (χ2n) is 4.96. The summed E-state index contributed by atoms with van der Waals surface area (Å²) in [6.07, 6.45) is 1.28. The summed E-state index contributed by atoms with van der Waals surface area (Å²) in [5.41, 5.74) is 2.94. The number of rotatable bonds is 2. The zero-order valence-corrected chi connectivity index (χ0v) is 9.96. The predicted molar refractivity (Wildman–Crippen MR) is 65.4 cm³/mol. The van der Waals surface area contributed by atoms with Gasteiger partial charge in [-0.1, -0.05) is 38.1 Å². The first-order valence-corrected chi connectivity index (χ1v) is 6.01.